The maximum absolute atomic E-state index is 12.9. The number of benzene rings is 1. The Morgan fingerprint density at radius 2 is 1.84 bits per heavy atom. The first-order valence-electron chi connectivity index (χ1n) is 7.77. The van der Waals surface area contributed by atoms with Crippen LogP contribution >= 0.6 is 0 Å². The van der Waals surface area contributed by atoms with Gasteiger partial charge in [0.2, 0.25) is 0 Å². The zero-order valence-corrected chi connectivity index (χ0v) is 13.7. The van der Waals surface area contributed by atoms with Gasteiger partial charge in [-0.25, -0.2) is 4.68 Å². The van der Waals surface area contributed by atoms with E-state index in [-0.39, 0.29) is 11.3 Å². The third-order valence-corrected chi connectivity index (χ3v) is 4.27. The zero-order valence-electron chi connectivity index (χ0n) is 13.7. The van der Waals surface area contributed by atoms with Gasteiger partial charge in [-0.1, -0.05) is 6.07 Å². The molecule has 1 fully saturated rings. The highest BCUT2D eigenvalue weighted by molar-refractivity contribution is 6.43. The Kier molecular flexibility index (Phi) is 4.14. The second-order valence-electron chi connectivity index (χ2n) is 5.98. The monoisotopic (exact) mass is 351 g/mol. The third-order valence-electron chi connectivity index (χ3n) is 4.27. The summed E-state index contributed by atoms with van der Waals surface area (Å²) in [6, 6.07) is 4.68. The molecule has 2 heterocycles. The van der Waals surface area contributed by atoms with Gasteiger partial charge in [0.15, 0.2) is 0 Å². The summed E-state index contributed by atoms with van der Waals surface area (Å²) in [4.78, 5) is 26.1. The van der Waals surface area contributed by atoms with E-state index in [9.17, 15) is 22.8 Å². The maximum atomic E-state index is 12.9. The summed E-state index contributed by atoms with van der Waals surface area (Å²) in [6.45, 7) is 4.22. The average Bonchev–Trinajstić information content (AvgIpc) is 2.79. The number of carbonyl (C=O) groups excluding carboxylic acids is 2. The molecule has 0 aliphatic carbocycles. The minimum Gasteiger partial charge on any atom is -0.336 e. The highest BCUT2D eigenvalue weighted by atomic mass is 19.4. The molecule has 1 aliphatic rings. The molecular formula is C17H16F3N3O2. The van der Waals surface area contributed by atoms with Crippen LogP contribution in [0.15, 0.2) is 24.3 Å². The fourth-order valence-corrected chi connectivity index (χ4v) is 2.81. The van der Waals surface area contributed by atoms with Gasteiger partial charge in [0.05, 0.1) is 28.2 Å². The average molecular weight is 351 g/mol. The number of likely N-dealkylation sites (tertiary alicyclic amines) is 1. The SMILES string of the molecule is Cc1nn(-c2cccc(C(F)(F)F)c2)c(C)c1C(=O)C(=O)N1CCC1. The van der Waals surface area contributed by atoms with Crippen molar-refractivity contribution in [3.63, 3.8) is 0 Å². The Morgan fingerprint density at radius 1 is 1.16 bits per heavy atom. The van der Waals surface area contributed by atoms with Gasteiger partial charge >= 0.3 is 6.18 Å². The van der Waals surface area contributed by atoms with E-state index in [0.717, 1.165) is 18.6 Å². The van der Waals surface area contributed by atoms with E-state index in [1.54, 1.807) is 13.8 Å². The number of hydrogen-bond donors (Lipinski definition) is 0. The Balaban J connectivity index is 2.00. The molecule has 1 aliphatic heterocycles. The first-order chi connectivity index (χ1) is 11.7. The third kappa shape index (κ3) is 3.04. The van der Waals surface area contributed by atoms with Crippen LogP contribution in [0.5, 0.6) is 0 Å². The first-order valence-corrected chi connectivity index (χ1v) is 7.77. The van der Waals surface area contributed by atoms with Crippen LogP contribution in [0.4, 0.5) is 13.2 Å². The Hall–Kier alpha value is -2.64. The molecule has 5 nitrogen and oxygen atoms in total. The normalized spacial score (nSPS) is 14.4. The maximum Gasteiger partial charge on any atom is 0.416 e. The second-order valence-corrected chi connectivity index (χ2v) is 5.98. The lowest BCUT2D eigenvalue weighted by Gasteiger charge is -2.30. The van der Waals surface area contributed by atoms with Crippen molar-refractivity contribution in [2.75, 3.05) is 13.1 Å². The number of Topliss-reactive ketones (excluding diaryl/α,β-unsaturated/α-hetero) is 1. The molecule has 0 radical (unpaired) electrons. The summed E-state index contributed by atoms with van der Waals surface area (Å²) >= 11 is 0. The Bertz CT molecular complexity index is 851. The first kappa shape index (κ1) is 17.2. The van der Waals surface area contributed by atoms with Gasteiger partial charge < -0.3 is 4.90 Å². The van der Waals surface area contributed by atoms with E-state index in [1.165, 1.54) is 21.7 Å². The Labute approximate surface area is 142 Å². The number of ketones is 1. The standard InChI is InChI=1S/C17H16F3N3O2/c1-10-14(15(24)16(25)22-7-4-8-22)11(2)23(21-10)13-6-3-5-12(9-13)17(18,19)20/h3,5-6,9H,4,7-8H2,1-2H3. The quantitative estimate of drug-likeness (QED) is 0.631. The number of halogens is 3. The molecule has 0 bridgehead atoms. The molecule has 0 saturated carbocycles. The number of aryl methyl sites for hydroxylation is 1. The molecule has 1 aromatic heterocycles. The van der Waals surface area contributed by atoms with Gasteiger partial charge in [-0.2, -0.15) is 18.3 Å². The number of aromatic nitrogens is 2. The van der Waals surface area contributed by atoms with Gasteiger partial charge in [0, 0.05) is 13.1 Å². The summed E-state index contributed by atoms with van der Waals surface area (Å²) in [5, 5.41) is 4.17. The van der Waals surface area contributed by atoms with Crippen molar-refractivity contribution in [3.05, 3.63) is 46.8 Å². The molecule has 132 valence electrons. The number of rotatable bonds is 3. The Morgan fingerprint density at radius 3 is 2.40 bits per heavy atom. The number of hydrogen-bond acceptors (Lipinski definition) is 3. The largest absolute Gasteiger partial charge is 0.416 e. The molecule has 2 aromatic rings. The van der Waals surface area contributed by atoms with Gasteiger partial charge in [-0.3, -0.25) is 9.59 Å². The van der Waals surface area contributed by atoms with E-state index >= 15 is 0 Å². The smallest absolute Gasteiger partial charge is 0.336 e. The minimum atomic E-state index is -4.47. The predicted molar refractivity (Wildman–Crippen MR) is 83.6 cm³/mol. The summed E-state index contributed by atoms with van der Waals surface area (Å²) in [5.41, 5.74) is 0.187. The molecule has 1 saturated heterocycles. The molecular weight excluding hydrogens is 335 g/mol. The lowest BCUT2D eigenvalue weighted by molar-refractivity contribution is -0.137. The van der Waals surface area contributed by atoms with Gasteiger partial charge in [0.25, 0.3) is 11.7 Å². The summed E-state index contributed by atoms with van der Waals surface area (Å²) in [5.74, 6) is -1.27. The number of carbonyl (C=O) groups is 2. The van der Waals surface area contributed by atoms with Crippen LogP contribution < -0.4 is 0 Å². The lowest BCUT2D eigenvalue weighted by Crippen LogP contribution is -2.45. The molecule has 1 amide bonds. The molecule has 0 spiro atoms. The highest BCUT2D eigenvalue weighted by Crippen LogP contribution is 2.31. The van der Waals surface area contributed by atoms with Gasteiger partial charge in [-0.15, -0.1) is 0 Å². The van der Waals surface area contributed by atoms with Crippen molar-refractivity contribution >= 4 is 11.7 Å². The van der Waals surface area contributed by atoms with E-state index in [4.69, 9.17) is 0 Å². The molecule has 8 heteroatoms. The fourth-order valence-electron chi connectivity index (χ4n) is 2.81. The van der Waals surface area contributed by atoms with Crippen LogP contribution in [0.3, 0.4) is 0 Å². The van der Waals surface area contributed by atoms with Gasteiger partial charge in [-0.05, 0) is 38.5 Å². The van der Waals surface area contributed by atoms with Crippen molar-refractivity contribution < 1.29 is 22.8 Å². The second kappa shape index (κ2) is 6.02. The van der Waals surface area contributed by atoms with E-state index in [2.05, 4.69) is 5.10 Å². The topological polar surface area (TPSA) is 55.2 Å². The minimum absolute atomic E-state index is 0.148. The molecule has 0 unspecified atom stereocenters. The molecule has 0 N–H and O–H groups in total. The van der Waals surface area contributed by atoms with E-state index in [0.29, 0.717) is 24.5 Å². The summed E-state index contributed by atoms with van der Waals surface area (Å²) in [7, 11) is 0. The van der Waals surface area contributed by atoms with Crippen molar-refractivity contribution in [1.29, 1.82) is 0 Å². The molecule has 1 aromatic carbocycles. The van der Waals surface area contributed by atoms with Crippen molar-refractivity contribution in [3.8, 4) is 5.69 Å². The van der Waals surface area contributed by atoms with Crippen molar-refractivity contribution in [1.82, 2.24) is 14.7 Å². The van der Waals surface area contributed by atoms with Crippen LogP contribution in [0.25, 0.3) is 5.69 Å². The molecule has 0 atom stereocenters. The molecule has 25 heavy (non-hydrogen) atoms. The number of nitrogens with zero attached hydrogens (tertiary/aromatic N) is 3. The van der Waals surface area contributed by atoms with E-state index in [1.807, 2.05) is 0 Å². The van der Waals surface area contributed by atoms with Crippen LogP contribution in [-0.4, -0.2) is 39.5 Å². The van der Waals surface area contributed by atoms with Crippen molar-refractivity contribution in [2.24, 2.45) is 0 Å². The number of amides is 1. The number of alkyl halides is 3. The predicted octanol–water partition coefficient (Wildman–Crippen LogP) is 2.92. The van der Waals surface area contributed by atoms with E-state index < -0.39 is 23.4 Å². The lowest BCUT2D eigenvalue weighted by atomic mass is 10.1. The zero-order chi connectivity index (χ0) is 18.4. The summed E-state index contributed by atoms with van der Waals surface area (Å²) < 4.78 is 40.0. The highest BCUT2D eigenvalue weighted by Gasteiger charge is 2.33. The molecule has 3 rings (SSSR count). The van der Waals surface area contributed by atoms with Crippen LogP contribution in [-0.2, 0) is 11.0 Å². The van der Waals surface area contributed by atoms with Gasteiger partial charge in [0.1, 0.15) is 0 Å². The fraction of sp³-hybridized carbons (Fsp3) is 0.353. The summed E-state index contributed by atoms with van der Waals surface area (Å²) in [6.07, 6.45) is -3.61. The van der Waals surface area contributed by atoms with Crippen molar-refractivity contribution in [2.45, 2.75) is 26.4 Å². The van der Waals surface area contributed by atoms with Crippen LogP contribution in [0.2, 0.25) is 0 Å². The van der Waals surface area contributed by atoms with Crippen LogP contribution in [0.1, 0.15) is 33.7 Å². The van der Waals surface area contributed by atoms with Crippen LogP contribution in [0, 0.1) is 13.8 Å².